The van der Waals surface area contributed by atoms with E-state index in [-0.39, 0.29) is 6.04 Å². The molecule has 0 bridgehead atoms. The molecular formula is C20H33N3O6. The number of nitrogens with one attached hydrogen (secondary N) is 2. The fourth-order valence-electron chi connectivity index (χ4n) is 3.45. The minimum atomic E-state index is -1.07. The molecular weight excluding hydrogens is 378 g/mol. The topological polar surface area (TPSA) is 114 Å². The highest BCUT2D eigenvalue weighted by Crippen LogP contribution is 2.21. The van der Waals surface area contributed by atoms with Gasteiger partial charge < -0.3 is 19.7 Å². The summed E-state index contributed by atoms with van der Waals surface area (Å²) in [4.78, 5) is 50.0. The van der Waals surface area contributed by atoms with Crippen LogP contribution < -0.4 is 10.6 Å². The van der Waals surface area contributed by atoms with Crippen molar-refractivity contribution in [2.75, 3.05) is 13.1 Å². The average molecular weight is 411 g/mol. The molecule has 2 N–H and O–H groups in total. The minimum Gasteiger partial charge on any atom is -0.452 e. The first-order valence-electron chi connectivity index (χ1n) is 10.3. The van der Waals surface area contributed by atoms with Crippen molar-refractivity contribution >= 4 is 24.0 Å². The van der Waals surface area contributed by atoms with E-state index in [0.717, 1.165) is 25.7 Å². The summed E-state index contributed by atoms with van der Waals surface area (Å²) in [6.07, 6.45) is 3.37. The molecule has 0 aromatic heterocycles. The molecule has 1 saturated carbocycles. The van der Waals surface area contributed by atoms with Crippen molar-refractivity contribution in [3.8, 4) is 0 Å². The third kappa shape index (κ3) is 7.55. The molecule has 0 radical (unpaired) electrons. The maximum absolute atomic E-state index is 12.3. The van der Waals surface area contributed by atoms with Crippen LogP contribution in [0, 0.1) is 5.92 Å². The van der Waals surface area contributed by atoms with Gasteiger partial charge in [0.15, 0.2) is 6.10 Å². The van der Waals surface area contributed by atoms with Gasteiger partial charge in [-0.3, -0.25) is 14.9 Å². The van der Waals surface area contributed by atoms with Crippen LogP contribution in [0.3, 0.4) is 0 Å². The second-order valence-electron chi connectivity index (χ2n) is 8.76. The largest absolute Gasteiger partial charge is 0.452 e. The number of hydrogen-bond donors (Lipinski definition) is 2. The monoisotopic (exact) mass is 411 g/mol. The molecule has 2 fully saturated rings. The summed E-state index contributed by atoms with van der Waals surface area (Å²) in [6.45, 7) is 7.62. The minimum absolute atomic E-state index is 0.0933. The predicted octanol–water partition coefficient (Wildman–Crippen LogP) is 2.33. The summed E-state index contributed by atoms with van der Waals surface area (Å²) in [5.74, 6) is -1.54. The zero-order chi connectivity index (χ0) is 21.6. The number of hydrogen-bond acceptors (Lipinski definition) is 6. The Morgan fingerprint density at radius 3 is 2.14 bits per heavy atom. The molecule has 4 amide bonds. The van der Waals surface area contributed by atoms with Crippen LogP contribution in [-0.2, 0) is 19.1 Å². The lowest BCUT2D eigenvalue weighted by molar-refractivity contribution is -0.159. The lowest BCUT2D eigenvalue weighted by Crippen LogP contribution is -2.48. The van der Waals surface area contributed by atoms with Gasteiger partial charge in [0.05, 0.1) is 5.92 Å². The van der Waals surface area contributed by atoms with Crippen LogP contribution in [0.1, 0.15) is 66.2 Å². The summed E-state index contributed by atoms with van der Waals surface area (Å²) in [5.41, 5.74) is -0.570. The number of carbonyl (C=O) groups excluding carboxylic acids is 4. The number of piperidine rings is 1. The molecule has 9 heteroatoms. The third-order valence-corrected chi connectivity index (χ3v) is 5.07. The van der Waals surface area contributed by atoms with Crippen molar-refractivity contribution < 1.29 is 28.7 Å². The van der Waals surface area contributed by atoms with Crippen LogP contribution in [0.25, 0.3) is 0 Å². The zero-order valence-corrected chi connectivity index (χ0v) is 17.8. The van der Waals surface area contributed by atoms with Gasteiger partial charge in [0.2, 0.25) is 0 Å². The van der Waals surface area contributed by atoms with Gasteiger partial charge in [0.1, 0.15) is 5.60 Å². The lowest BCUT2D eigenvalue weighted by Gasteiger charge is -2.32. The first-order valence-corrected chi connectivity index (χ1v) is 10.3. The predicted molar refractivity (Wildman–Crippen MR) is 105 cm³/mol. The molecule has 9 nitrogen and oxygen atoms in total. The van der Waals surface area contributed by atoms with Crippen molar-refractivity contribution in [1.82, 2.24) is 15.5 Å². The van der Waals surface area contributed by atoms with Crippen molar-refractivity contribution in [2.24, 2.45) is 5.92 Å². The molecule has 2 rings (SSSR count). The number of nitrogens with zero attached hydrogens (tertiary/aromatic N) is 1. The molecule has 1 aliphatic carbocycles. The third-order valence-electron chi connectivity index (χ3n) is 5.07. The number of urea groups is 1. The van der Waals surface area contributed by atoms with Crippen LogP contribution in [0.5, 0.6) is 0 Å². The normalized spacial score (nSPS) is 19.4. The SMILES string of the molecule is C[C@@H](OC(=O)C1CCN(C(=O)OC(C)(C)C)CC1)C(=O)NC(=O)NC1CCCC1. The van der Waals surface area contributed by atoms with E-state index >= 15 is 0 Å². The Balaban J connectivity index is 1.71. The standard InChI is InChI=1S/C20H33N3O6/c1-13(16(24)22-18(26)21-15-7-5-6-8-15)28-17(25)14-9-11-23(12-10-14)19(27)29-20(2,3)4/h13-15H,5-12H2,1-4H3,(H2,21,22,24,26)/t13-/m1/s1. The Kier molecular flexibility index (Phi) is 7.87. The number of esters is 1. The van der Waals surface area contributed by atoms with Gasteiger partial charge in [-0.1, -0.05) is 12.8 Å². The number of ether oxygens (including phenoxy) is 2. The van der Waals surface area contributed by atoms with E-state index in [9.17, 15) is 19.2 Å². The van der Waals surface area contributed by atoms with Gasteiger partial charge in [-0.15, -0.1) is 0 Å². The van der Waals surface area contributed by atoms with Gasteiger partial charge in [-0.2, -0.15) is 0 Å². The molecule has 29 heavy (non-hydrogen) atoms. The van der Waals surface area contributed by atoms with Gasteiger partial charge in [-0.25, -0.2) is 9.59 Å². The van der Waals surface area contributed by atoms with E-state index in [1.54, 1.807) is 25.7 Å². The summed E-state index contributed by atoms with van der Waals surface area (Å²) in [6, 6.07) is -0.466. The second-order valence-corrected chi connectivity index (χ2v) is 8.76. The Morgan fingerprint density at radius 1 is 1.00 bits per heavy atom. The number of amides is 4. The highest BCUT2D eigenvalue weighted by Gasteiger charge is 2.32. The number of rotatable bonds is 4. The van der Waals surface area contributed by atoms with E-state index in [2.05, 4.69) is 10.6 Å². The average Bonchev–Trinajstić information content (AvgIpc) is 3.13. The second kappa shape index (κ2) is 9.93. The van der Waals surface area contributed by atoms with Crippen LogP contribution in [0.15, 0.2) is 0 Å². The Labute approximate surface area is 171 Å². The Bertz CT molecular complexity index is 616. The van der Waals surface area contributed by atoms with Gasteiger partial charge in [-0.05, 0) is 53.4 Å². The smallest absolute Gasteiger partial charge is 0.410 e. The fraction of sp³-hybridized carbons (Fsp3) is 0.800. The molecule has 0 unspecified atom stereocenters. The Hall–Kier alpha value is -2.32. The maximum Gasteiger partial charge on any atom is 0.410 e. The van der Waals surface area contributed by atoms with Crippen LogP contribution >= 0.6 is 0 Å². The zero-order valence-electron chi connectivity index (χ0n) is 17.8. The summed E-state index contributed by atoms with van der Waals surface area (Å²) >= 11 is 0. The molecule has 0 aromatic rings. The summed E-state index contributed by atoms with van der Waals surface area (Å²) in [7, 11) is 0. The number of imide groups is 1. The first kappa shape index (κ1) is 23.0. The van der Waals surface area contributed by atoms with Gasteiger partial charge in [0.25, 0.3) is 5.91 Å². The molecule has 2 aliphatic rings. The molecule has 0 aromatic carbocycles. The van der Waals surface area contributed by atoms with E-state index in [0.29, 0.717) is 25.9 Å². The van der Waals surface area contributed by atoms with Crippen LogP contribution in [0.4, 0.5) is 9.59 Å². The van der Waals surface area contributed by atoms with Crippen LogP contribution in [0.2, 0.25) is 0 Å². The summed E-state index contributed by atoms with van der Waals surface area (Å²) < 4.78 is 10.6. The van der Waals surface area contributed by atoms with E-state index in [1.165, 1.54) is 6.92 Å². The Morgan fingerprint density at radius 2 is 1.59 bits per heavy atom. The van der Waals surface area contributed by atoms with Gasteiger partial charge in [0, 0.05) is 19.1 Å². The lowest BCUT2D eigenvalue weighted by atomic mass is 9.97. The quantitative estimate of drug-likeness (QED) is 0.687. The highest BCUT2D eigenvalue weighted by atomic mass is 16.6. The fourth-order valence-corrected chi connectivity index (χ4v) is 3.45. The maximum atomic E-state index is 12.3. The number of likely N-dealkylation sites (tertiary alicyclic amines) is 1. The van der Waals surface area contributed by atoms with Gasteiger partial charge >= 0.3 is 18.1 Å². The van der Waals surface area contributed by atoms with Crippen molar-refractivity contribution in [3.05, 3.63) is 0 Å². The van der Waals surface area contributed by atoms with E-state index < -0.39 is 41.6 Å². The van der Waals surface area contributed by atoms with Crippen molar-refractivity contribution in [2.45, 2.75) is 84.0 Å². The molecule has 1 saturated heterocycles. The summed E-state index contributed by atoms with van der Waals surface area (Å²) in [5, 5.41) is 4.98. The van der Waals surface area contributed by atoms with Crippen molar-refractivity contribution in [1.29, 1.82) is 0 Å². The molecule has 0 spiro atoms. The van der Waals surface area contributed by atoms with Crippen LogP contribution in [-0.4, -0.2) is 59.7 Å². The van der Waals surface area contributed by atoms with E-state index in [4.69, 9.17) is 9.47 Å². The molecule has 164 valence electrons. The van der Waals surface area contributed by atoms with E-state index in [1.807, 2.05) is 0 Å². The van der Waals surface area contributed by atoms with Crippen molar-refractivity contribution in [3.63, 3.8) is 0 Å². The molecule has 1 heterocycles. The molecule has 1 atom stereocenters. The molecule has 1 aliphatic heterocycles. The number of carbonyl (C=O) groups is 4. The highest BCUT2D eigenvalue weighted by molar-refractivity contribution is 5.97. The first-order chi connectivity index (χ1) is 13.5.